The number of nitrogens with zero attached hydrogens (tertiary/aromatic N) is 1. The molecule has 28 heavy (non-hydrogen) atoms. The van der Waals surface area contributed by atoms with Gasteiger partial charge in [-0.05, 0) is 62.8 Å². The third-order valence-corrected chi connectivity index (χ3v) is 4.71. The van der Waals surface area contributed by atoms with E-state index in [4.69, 9.17) is 4.74 Å². The smallest absolute Gasteiger partial charge is 0.412 e. The number of benzene rings is 1. The Morgan fingerprint density at radius 1 is 1.07 bits per heavy atom. The standard InChI is InChI=1S/C21H30N4O2S/c1-21(2,3)27-20(26)25-17-9-7-16(8-10-17)11-13-23-19(22-4)24-14-12-18-6-5-15-28-18/h5-10,15H,11-14H2,1-4H3,(H,25,26)(H2,22,23,24). The Labute approximate surface area is 171 Å². The maximum Gasteiger partial charge on any atom is 0.412 e. The molecule has 7 heteroatoms. The predicted molar refractivity (Wildman–Crippen MR) is 117 cm³/mol. The van der Waals surface area contributed by atoms with Crippen molar-refractivity contribution in [1.82, 2.24) is 10.6 Å². The van der Waals surface area contributed by atoms with Crippen LogP contribution in [-0.4, -0.2) is 37.8 Å². The number of ether oxygens (including phenoxy) is 1. The van der Waals surface area contributed by atoms with Gasteiger partial charge in [-0.15, -0.1) is 11.3 Å². The summed E-state index contributed by atoms with van der Waals surface area (Å²) in [5, 5.41) is 11.5. The van der Waals surface area contributed by atoms with Gasteiger partial charge in [0.15, 0.2) is 5.96 Å². The van der Waals surface area contributed by atoms with Crippen LogP contribution in [0.5, 0.6) is 0 Å². The Morgan fingerprint density at radius 2 is 1.75 bits per heavy atom. The number of hydrogen-bond donors (Lipinski definition) is 3. The topological polar surface area (TPSA) is 74.8 Å². The highest BCUT2D eigenvalue weighted by atomic mass is 32.1. The molecule has 0 fully saturated rings. The van der Waals surface area contributed by atoms with E-state index in [-0.39, 0.29) is 0 Å². The lowest BCUT2D eigenvalue weighted by molar-refractivity contribution is 0.0636. The van der Waals surface area contributed by atoms with Crippen molar-refractivity contribution in [2.75, 3.05) is 25.5 Å². The summed E-state index contributed by atoms with van der Waals surface area (Å²) in [6.07, 6.45) is 1.40. The first-order chi connectivity index (χ1) is 13.4. The maximum absolute atomic E-state index is 11.8. The zero-order valence-electron chi connectivity index (χ0n) is 17.0. The third kappa shape index (κ3) is 8.43. The quantitative estimate of drug-likeness (QED) is 0.483. The van der Waals surface area contributed by atoms with Crippen molar-refractivity contribution in [3.8, 4) is 0 Å². The summed E-state index contributed by atoms with van der Waals surface area (Å²) in [7, 11) is 1.78. The second-order valence-corrected chi connectivity index (χ2v) is 8.36. The summed E-state index contributed by atoms with van der Waals surface area (Å²) in [4.78, 5) is 17.4. The van der Waals surface area contributed by atoms with Gasteiger partial charge < -0.3 is 15.4 Å². The summed E-state index contributed by atoms with van der Waals surface area (Å²) >= 11 is 1.77. The predicted octanol–water partition coefficient (Wildman–Crippen LogP) is 4.05. The minimum Gasteiger partial charge on any atom is -0.444 e. The van der Waals surface area contributed by atoms with Crippen LogP contribution in [0.2, 0.25) is 0 Å². The molecule has 1 heterocycles. The van der Waals surface area contributed by atoms with Gasteiger partial charge in [-0.25, -0.2) is 4.79 Å². The fourth-order valence-electron chi connectivity index (χ4n) is 2.48. The van der Waals surface area contributed by atoms with Gasteiger partial charge >= 0.3 is 6.09 Å². The number of carbonyl (C=O) groups is 1. The van der Waals surface area contributed by atoms with Gasteiger partial charge in [0.1, 0.15) is 5.60 Å². The molecule has 1 aromatic carbocycles. The van der Waals surface area contributed by atoms with Crippen LogP contribution in [0.4, 0.5) is 10.5 Å². The fraction of sp³-hybridized carbons (Fsp3) is 0.429. The number of amides is 1. The van der Waals surface area contributed by atoms with Crippen LogP contribution in [0.25, 0.3) is 0 Å². The summed E-state index contributed by atoms with van der Waals surface area (Å²) in [6, 6.07) is 12.0. The van der Waals surface area contributed by atoms with E-state index in [0.717, 1.165) is 37.6 Å². The third-order valence-electron chi connectivity index (χ3n) is 3.77. The summed E-state index contributed by atoms with van der Waals surface area (Å²) in [6.45, 7) is 7.15. The molecule has 0 aliphatic rings. The Bertz CT molecular complexity index is 750. The zero-order chi connectivity index (χ0) is 20.4. The second-order valence-electron chi connectivity index (χ2n) is 7.33. The molecule has 1 aromatic heterocycles. The van der Waals surface area contributed by atoms with E-state index in [9.17, 15) is 4.79 Å². The number of thiophene rings is 1. The minimum atomic E-state index is -0.508. The number of guanidine groups is 1. The van der Waals surface area contributed by atoms with Crippen LogP contribution in [0.15, 0.2) is 46.8 Å². The highest BCUT2D eigenvalue weighted by Gasteiger charge is 2.16. The summed E-state index contributed by atoms with van der Waals surface area (Å²) in [5.74, 6) is 0.805. The Balaban J connectivity index is 1.69. The van der Waals surface area contributed by atoms with Crippen LogP contribution in [-0.2, 0) is 17.6 Å². The molecule has 0 saturated carbocycles. The summed E-state index contributed by atoms with van der Waals surface area (Å²) < 4.78 is 5.25. The van der Waals surface area contributed by atoms with E-state index >= 15 is 0 Å². The molecule has 152 valence electrons. The summed E-state index contributed by atoms with van der Waals surface area (Å²) in [5.41, 5.74) is 1.39. The van der Waals surface area contributed by atoms with Gasteiger partial charge in [-0.3, -0.25) is 10.3 Å². The van der Waals surface area contributed by atoms with E-state index in [1.54, 1.807) is 18.4 Å². The molecule has 0 atom stereocenters. The van der Waals surface area contributed by atoms with Crippen LogP contribution >= 0.6 is 11.3 Å². The first-order valence-electron chi connectivity index (χ1n) is 9.41. The van der Waals surface area contributed by atoms with E-state index in [2.05, 4.69) is 38.5 Å². The van der Waals surface area contributed by atoms with Crippen molar-refractivity contribution in [3.63, 3.8) is 0 Å². The Hall–Kier alpha value is -2.54. The van der Waals surface area contributed by atoms with Gasteiger partial charge in [-0.1, -0.05) is 18.2 Å². The fourth-order valence-corrected chi connectivity index (χ4v) is 3.19. The molecule has 0 radical (unpaired) electrons. The molecule has 0 aliphatic carbocycles. The number of carbonyl (C=O) groups excluding carboxylic acids is 1. The van der Waals surface area contributed by atoms with Crippen LogP contribution in [0, 0.1) is 0 Å². The largest absolute Gasteiger partial charge is 0.444 e. The van der Waals surface area contributed by atoms with Crippen molar-refractivity contribution >= 4 is 29.1 Å². The molecule has 0 spiro atoms. The molecular formula is C21H30N4O2S. The Kier molecular flexibility index (Phi) is 8.32. The number of hydrogen-bond acceptors (Lipinski definition) is 4. The molecular weight excluding hydrogens is 372 g/mol. The first kappa shape index (κ1) is 21.8. The van der Waals surface area contributed by atoms with Gasteiger partial charge in [0.2, 0.25) is 0 Å². The highest BCUT2D eigenvalue weighted by molar-refractivity contribution is 7.09. The highest BCUT2D eigenvalue weighted by Crippen LogP contribution is 2.13. The molecule has 6 nitrogen and oxygen atoms in total. The van der Waals surface area contributed by atoms with Crippen LogP contribution in [0.1, 0.15) is 31.2 Å². The van der Waals surface area contributed by atoms with Crippen molar-refractivity contribution < 1.29 is 9.53 Å². The van der Waals surface area contributed by atoms with E-state index in [1.807, 2.05) is 45.0 Å². The van der Waals surface area contributed by atoms with E-state index < -0.39 is 11.7 Å². The average molecular weight is 403 g/mol. The second kappa shape index (κ2) is 10.7. The molecule has 0 aliphatic heterocycles. The molecule has 0 saturated heterocycles. The van der Waals surface area contributed by atoms with Crippen molar-refractivity contribution in [1.29, 1.82) is 0 Å². The maximum atomic E-state index is 11.8. The normalized spacial score (nSPS) is 11.8. The van der Waals surface area contributed by atoms with Gasteiger partial charge in [-0.2, -0.15) is 0 Å². The Morgan fingerprint density at radius 3 is 2.32 bits per heavy atom. The molecule has 0 bridgehead atoms. The monoisotopic (exact) mass is 402 g/mol. The van der Waals surface area contributed by atoms with Crippen LogP contribution in [0.3, 0.4) is 0 Å². The molecule has 3 N–H and O–H groups in total. The zero-order valence-corrected chi connectivity index (χ0v) is 17.9. The number of anilines is 1. The van der Waals surface area contributed by atoms with Crippen LogP contribution < -0.4 is 16.0 Å². The van der Waals surface area contributed by atoms with Gasteiger partial charge in [0.25, 0.3) is 0 Å². The molecule has 0 unspecified atom stereocenters. The molecule has 1 amide bonds. The van der Waals surface area contributed by atoms with E-state index in [1.165, 1.54) is 10.4 Å². The van der Waals surface area contributed by atoms with Crippen molar-refractivity contribution in [2.24, 2.45) is 4.99 Å². The average Bonchev–Trinajstić information content (AvgIpc) is 3.13. The molecule has 2 aromatic rings. The minimum absolute atomic E-state index is 0.445. The van der Waals surface area contributed by atoms with Crippen molar-refractivity contribution in [3.05, 3.63) is 52.2 Å². The van der Waals surface area contributed by atoms with Gasteiger partial charge in [0.05, 0.1) is 0 Å². The van der Waals surface area contributed by atoms with Gasteiger partial charge in [0, 0.05) is 30.7 Å². The lowest BCUT2D eigenvalue weighted by Crippen LogP contribution is -2.39. The SMILES string of the molecule is CN=C(NCCc1ccc(NC(=O)OC(C)(C)C)cc1)NCCc1cccs1. The van der Waals surface area contributed by atoms with Crippen molar-refractivity contribution in [2.45, 2.75) is 39.2 Å². The van der Waals surface area contributed by atoms with E-state index in [0.29, 0.717) is 0 Å². The first-order valence-corrected chi connectivity index (χ1v) is 10.3. The number of aliphatic imine (C=N–C) groups is 1. The lowest BCUT2D eigenvalue weighted by Gasteiger charge is -2.19. The lowest BCUT2D eigenvalue weighted by atomic mass is 10.1. The number of nitrogens with one attached hydrogen (secondary N) is 3. The molecule has 2 rings (SSSR count). The number of rotatable bonds is 7.